The molecule has 4 heterocycles. The Hall–Kier alpha value is -5.03. The molecule has 2 aromatic carbocycles. The molecule has 0 saturated carbocycles. The maximum atomic E-state index is 13.2. The van der Waals surface area contributed by atoms with Gasteiger partial charge in [0, 0.05) is 54.6 Å². The molecule has 0 aliphatic heterocycles. The van der Waals surface area contributed by atoms with E-state index in [-0.39, 0.29) is 5.91 Å². The number of nitrogens with one attached hydrogen (secondary N) is 2. The van der Waals surface area contributed by atoms with E-state index in [2.05, 4.69) is 25.3 Å². The first kappa shape index (κ1) is 26.2. The minimum absolute atomic E-state index is 0.328. The summed E-state index contributed by atoms with van der Waals surface area (Å²) in [5.41, 5.74) is 5.96. The first-order chi connectivity index (χ1) is 19.6. The Labute approximate surface area is 236 Å². The number of sulfonamides is 1. The number of fused-ring (bicyclic) bond motifs is 2. The number of aromatic amines is 1. The number of anilines is 1. The zero-order chi connectivity index (χ0) is 28.9. The van der Waals surface area contributed by atoms with E-state index in [4.69, 9.17) is 4.42 Å². The molecule has 0 spiro atoms. The molecule has 4 aromatic heterocycles. The molecule has 0 atom stereocenters. The van der Waals surface area contributed by atoms with Crippen LogP contribution in [-0.2, 0) is 10.0 Å². The smallest absolute Gasteiger partial charge is 0.255 e. The van der Waals surface area contributed by atoms with Gasteiger partial charge in [-0.25, -0.2) is 18.4 Å². The van der Waals surface area contributed by atoms with Crippen molar-refractivity contribution in [3.63, 3.8) is 0 Å². The fourth-order valence-electron chi connectivity index (χ4n) is 4.74. The van der Waals surface area contributed by atoms with Crippen LogP contribution in [0.25, 0.3) is 56.1 Å². The van der Waals surface area contributed by atoms with Gasteiger partial charge in [-0.15, -0.1) is 0 Å². The number of aromatic nitrogens is 4. The van der Waals surface area contributed by atoms with Gasteiger partial charge in [0.1, 0.15) is 17.2 Å². The van der Waals surface area contributed by atoms with Gasteiger partial charge < -0.3 is 14.7 Å². The van der Waals surface area contributed by atoms with Gasteiger partial charge in [0.25, 0.3) is 5.91 Å². The number of furan rings is 1. The summed E-state index contributed by atoms with van der Waals surface area (Å²) in [5.74, 6) is 0.657. The number of amides is 1. The third-order valence-electron chi connectivity index (χ3n) is 6.98. The van der Waals surface area contributed by atoms with Crippen LogP contribution >= 0.6 is 0 Å². The van der Waals surface area contributed by atoms with Crippen LogP contribution in [0.4, 0.5) is 5.69 Å². The molecule has 10 nitrogen and oxygen atoms in total. The minimum Gasteiger partial charge on any atom is -0.455 e. The van der Waals surface area contributed by atoms with Crippen LogP contribution in [0.1, 0.15) is 15.9 Å². The summed E-state index contributed by atoms with van der Waals surface area (Å²) in [5, 5.41) is 3.23. The zero-order valence-corrected chi connectivity index (χ0v) is 23.6. The highest BCUT2D eigenvalue weighted by atomic mass is 32.2. The fourth-order valence-corrected chi connectivity index (χ4v) is 5.25. The Morgan fingerprint density at radius 1 is 1.00 bits per heavy atom. The summed E-state index contributed by atoms with van der Waals surface area (Å²) in [7, 11) is -0.632. The van der Waals surface area contributed by atoms with Gasteiger partial charge in [-0.3, -0.25) is 14.1 Å². The lowest BCUT2D eigenvalue weighted by molar-refractivity contribution is 0.0964. The van der Waals surface area contributed by atoms with Crippen molar-refractivity contribution >= 4 is 43.8 Å². The topological polar surface area (TPSA) is 134 Å². The van der Waals surface area contributed by atoms with Crippen molar-refractivity contribution in [2.75, 3.05) is 24.7 Å². The fraction of sp³-hybridized carbons (Fsp3) is 0.133. The number of pyridine rings is 2. The molecule has 2 N–H and O–H groups in total. The molecular weight excluding hydrogens is 540 g/mol. The van der Waals surface area contributed by atoms with Crippen molar-refractivity contribution in [1.82, 2.24) is 25.3 Å². The predicted molar refractivity (Wildman–Crippen MR) is 159 cm³/mol. The van der Waals surface area contributed by atoms with Gasteiger partial charge in [0.2, 0.25) is 10.0 Å². The molecule has 0 bridgehead atoms. The Kier molecular flexibility index (Phi) is 6.30. The van der Waals surface area contributed by atoms with Crippen LogP contribution in [0.3, 0.4) is 0 Å². The van der Waals surface area contributed by atoms with Gasteiger partial charge in [-0.2, -0.15) is 0 Å². The van der Waals surface area contributed by atoms with E-state index in [0.29, 0.717) is 50.7 Å². The van der Waals surface area contributed by atoms with Crippen LogP contribution in [0.5, 0.6) is 0 Å². The van der Waals surface area contributed by atoms with Gasteiger partial charge in [0.05, 0.1) is 28.7 Å². The summed E-state index contributed by atoms with van der Waals surface area (Å²) >= 11 is 0. The van der Waals surface area contributed by atoms with Crippen molar-refractivity contribution in [2.24, 2.45) is 0 Å². The van der Waals surface area contributed by atoms with E-state index in [0.717, 1.165) is 28.5 Å². The molecule has 0 aliphatic carbocycles. The number of imidazole rings is 1. The predicted octanol–water partition coefficient (Wildman–Crippen LogP) is 5.16. The summed E-state index contributed by atoms with van der Waals surface area (Å²) < 4.78 is 32.8. The summed E-state index contributed by atoms with van der Waals surface area (Å²) in [6, 6.07) is 18.4. The Bertz CT molecular complexity index is 2030. The largest absolute Gasteiger partial charge is 0.455 e. The maximum Gasteiger partial charge on any atom is 0.255 e. The second-order valence-electron chi connectivity index (χ2n) is 9.74. The van der Waals surface area contributed by atoms with Gasteiger partial charge in [0.15, 0.2) is 5.65 Å². The quantitative estimate of drug-likeness (QED) is 0.284. The lowest BCUT2D eigenvalue weighted by Gasteiger charge is -2.20. The molecule has 11 heteroatoms. The Morgan fingerprint density at radius 2 is 1.78 bits per heavy atom. The van der Waals surface area contributed by atoms with E-state index in [1.165, 1.54) is 11.4 Å². The van der Waals surface area contributed by atoms with Crippen LogP contribution in [-0.4, -0.2) is 54.6 Å². The molecule has 6 rings (SSSR count). The normalized spacial score (nSPS) is 11.7. The van der Waals surface area contributed by atoms with E-state index in [1.54, 1.807) is 31.6 Å². The third kappa shape index (κ3) is 4.70. The summed E-state index contributed by atoms with van der Waals surface area (Å²) in [6.45, 7) is 1.98. The van der Waals surface area contributed by atoms with Gasteiger partial charge in [-0.1, -0.05) is 29.8 Å². The summed E-state index contributed by atoms with van der Waals surface area (Å²) in [4.78, 5) is 29.9. The van der Waals surface area contributed by atoms with Crippen molar-refractivity contribution in [3.8, 4) is 34.0 Å². The number of aryl methyl sites for hydroxylation is 1. The van der Waals surface area contributed by atoms with E-state index >= 15 is 0 Å². The van der Waals surface area contributed by atoms with Crippen LogP contribution in [0.2, 0.25) is 0 Å². The number of carbonyl (C=O) groups is 1. The summed E-state index contributed by atoms with van der Waals surface area (Å²) in [6.07, 6.45) is 4.43. The van der Waals surface area contributed by atoms with Crippen molar-refractivity contribution in [2.45, 2.75) is 6.92 Å². The first-order valence-electron chi connectivity index (χ1n) is 12.7. The Morgan fingerprint density at radius 3 is 2.49 bits per heavy atom. The lowest BCUT2D eigenvalue weighted by atomic mass is 10.00. The SMILES string of the molecule is CNC(=O)c1c(-c2ccc(C)cc2)oc2cc(N(C)S(C)(=O)=O)c(-c3cc(-c4nc5ncccc5[nH]4)ccn3)cc12. The van der Waals surface area contributed by atoms with Crippen molar-refractivity contribution in [3.05, 3.63) is 84.2 Å². The number of benzene rings is 2. The highest BCUT2D eigenvalue weighted by Crippen LogP contribution is 2.41. The van der Waals surface area contributed by atoms with Crippen LogP contribution in [0.15, 0.2) is 77.5 Å². The second-order valence-corrected chi connectivity index (χ2v) is 11.8. The van der Waals surface area contributed by atoms with Gasteiger partial charge >= 0.3 is 0 Å². The minimum atomic E-state index is -3.66. The van der Waals surface area contributed by atoms with E-state index < -0.39 is 10.0 Å². The number of H-pyrrole nitrogens is 1. The number of carbonyl (C=O) groups excluding carboxylic acids is 1. The second kappa shape index (κ2) is 9.86. The standard InChI is InChI=1S/C30H26N6O4S/c1-17-7-9-18(10-8-17)27-26(30(37)31-2)21-15-20(24(16-25(21)40-27)36(3)41(4,38)39)23-14-19(11-13-32-23)28-34-22-6-5-12-33-29(22)35-28/h5-16H,1-4H3,(H,31,37)(H,33,34,35). The van der Waals surface area contributed by atoms with Crippen LogP contribution < -0.4 is 9.62 Å². The third-order valence-corrected chi connectivity index (χ3v) is 8.17. The molecule has 0 unspecified atom stereocenters. The Balaban J connectivity index is 1.61. The molecule has 206 valence electrons. The first-order valence-corrected chi connectivity index (χ1v) is 14.6. The molecule has 1 amide bonds. The van der Waals surface area contributed by atoms with Crippen molar-refractivity contribution < 1.29 is 17.6 Å². The molecular formula is C30H26N6O4S. The highest BCUT2D eigenvalue weighted by molar-refractivity contribution is 7.92. The van der Waals surface area contributed by atoms with Crippen molar-refractivity contribution in [1.29, 1.82) is 0 Å². The number of nitrogens with zero attached hydrogens (tertiary/aromatic N) is 4. The molecule has 0 radical (unpaired) electrons. The molecule has 0 fully saturated rings. The highest BCUT2D eigenvalue weighted by Gasteiger charge is 2.26. The zero-order valence-electron chi connectivity index (χ0n) is 22.8. The average molecular weight is 567 g/mol. The molecule has 0 saturated heterocycles. The lowest BCUT2D eigenvalue weighted by Crippen LogP contribution is -2.25. The molecule has 0 aliphatic rings. The average Bonchev–Trinajstić information content (AvgIpc) is 3.57. The van der Waals surface area contributed by atoms with E-state index in [9.17, 15) is 13.2 Å². The monoisotopic (exact) mass is 566 g/mol. The maximum absolute atomic E-state index is 13.2. The molecule has 41 heavy (non-hydrogen) atoms. The van der Waals surface area contributed by atoms with Crippen LogP contribution in [0, 0.1) is 6.92 Å². The van der Waals surface area contributed by atoms with E-state index in [1.807, 2.05) is 55.5 Å². The number of hydrogen-bond donors (Lipinski definition) is 2. The van der Waals surface area contributed by atoms with Gasteiger partial charge in [-0.05, 0) is 37.3 Å². The number of rotatable bonds is 6. The number of hydrogen-bond acceptors (Lipinski definition) is 7. The molecule has 6 aromatic rings.